The summed E-state index contributed by atoms with van der Waals surface area (Å²) < 4.78 is 27.3. The zero-order chi connectivity index (χ0) is 29.3. The summed E-state index contributed by atoms with van der Waals surface area (Å²) in [6, 6.07) is 0.397. The van der Waals surface area contributed by atoms with Gasteiger partial charge in [-0.15, -0.1) is 0 Å². The Morgan fingerprint density at radius 3 is 2.51 bits per heavy atom. The summed E-state index contributed by atoms with van der Waals surface area (Å²) in [6.45, 7) is 19.3. The van der Waals surface area contributed by atoms with Crippen LogP contribution in [0.3, 0.4) is 0 Å². The molecule has 2 heterocycles. The van der Waals surface area contributed by atoms with E-state index in [0.717, 1.165) is 12.8 Å². The van der Waals surface area contributed by atoms with Crippen molar-refractivity contribution < 1.29 is 33.2 Å². The number of aliphatic hydroxyl groups excluding tert-OH is 1. The second kappa shape index (κ2) is 16.0. The lowest BCUT2D eigenvalue weighted by Crippen LogP contribution is -2.53. The molecular weight excluding hydrogens is 541 g/mol. The zero-order valence-corrected chi connectivity index (χ0v) is 26.8. The van der Waals surface area contributed by atoms with E-state index < -0.39 is 21.1 Å². The molecule has 39 heavy (non-hydrogen) atoms. The van der Waals surface area contributed by atoms with E-state index in [9.17, 15) is 14.7 Å². The lowest BCUT2D eigenvalue weighted by molar-refractivity contribution is -0.141. The van der Waals surface area contributed by atoms with Crippen molar-refractivity contribution in [3.05, 3.63) is 11.8 Å². The topological polar surface area (TPSA) is 110 Å². The first kappa shape index (κ1) is 34.4. The second-order valence-electron chi connectivity index (χ2n) is 11.5. The maximum absolute atomic E-state index is 12.1. The van der Waals surface area contributed by atoms with Gasteiger partial charge in [-0.2, -0.15) is 0 Å². The van der Waals surface area contributed by atoms with E-state index in [1.807, 2.05) is 20.8 Å². The second-order valence-corrected chi connectivity index (χ2v) is 14.0. The van der Waals surface area contributed by atoms with Crippen LogP contribution < -0.4 is 5.32 Å². The lowest BCUT2D eigenvalue weighted by atomic mass is 10.00. The Labute approximate surface area is 240 Å². The number of rotatable bonds is 15. The summed E-state index contributed by atoms with van der Waals surface area (Å²) in [5.74, 6) is 0.319. The van der Waals surface area contributed by atoms with Gasteiger partial charge in [-0.25, -0.2) is 4.67 Å². The molecule has 5 unspecified atom stereocenters. The van der Waals surface area contributed by atoms with Crippen molar-refractivity contribution in [2.45, 2.75) is 118 Å². The van der Waals surface area contributed by atoms with E-state index in [1.54, 1.807) is 18.0 Å². The number of carbonyl (C=O) groups is 2. The molecule has 12 heteroatoms. The van der Waals surface area contributed by atoms with Crippen LogP contribution in [-0.2, 0) is 28.1 Å². The Morgan fingerprint density at radius 2 is 1.92 bits per heavy atom. The Morgan fingerprint density at radius 1 is 1.26 bits per heavy atom. The molecule has 0 spiro atoms. The molecule has 10 nitrogen and oxygen atoms in total. The van der Waals surface area contributed by atoms with Crippen LogP contribution in [-0.4, -0.2) is 88.1 Å². The normalized spacial score (nSPS) is 25.0. The van der Waals surface area contributed by atoms with Gasteiger partial charge in [0.1, 0.15) is 6.23 Å². The molecule has 0 bridgehead atoms. The molecule has 1 saturated heterocycles. The fraction of sp³-hybridized carbons (Fsp3) is 0.852. The summed E-state index contributed by atoms with van der Waals surface area (Å²) in [6.07, 6.45) is 1.93. The van der Waals surface area contributed by atoms with Gasteiger partial charge in [0, 0.05) is 41.4 Å². The van der Waals surface area contributed by atoms with Crippen LogP contribution in [0, 0.1) is 5.41 Å². The number of aliphatic hydroxyl groups is 1. The number of hydrogen-bond acceptors (Lipinski definition) is 10. The van der Waals surface area contributed by atoms with Crippen LogP contribution in [0.4, 0.5) is 0 Å². The molecule has 0 aromatic heterocycles. The summed E-state index contributed by atoms with van der Waals surface area (Å²) in [5.41, 5.74) is 0.157. The van der Waals surface area contributed by atoms with Gasteiger partial charge in [0.05, 0.1) is 32.0 Å². The van der Waals surface area contributed by atoms with Gasteiger partial charge in [-0.3, -0.25) is 9.59 Å². The highest BCUT2D eigenvalue weighted by molar-refractivity contribution is 8.13. The van der Waals surface area contributed by atoms with Gasteiger partial charge in [-0.1, -0.05) is 45.9 Å². The molecule has 5 atom stereocenters. The summed E-state index contributed by atoms with van der Waals surface area (Å²) >= 11 is 1.30. The van der Waals surface area contributed by atoms with Crippen LogP contribution in [0.2, 0.25) is 0 Å². The largest absolute Gasteiger partial charge is 0.378 e. The monoisotopic (exact) mass is 591 g/mol. The average molecular weight is 592 g/mol. The van der Waals surface area contributed by atoms with Crippen molar-refractivity contribution >= 4 is 31.3 Å². The zero-order valence-electron chi connectivity index (χ0n) is 25.1. The minimum Gasteiger partial charge on any atom is -0.378 e. The maximum Gasteiger partial charge on any atom is 0.259 e. The maximum atomic E-state index is 12.1. The molecule has 0 radical (unpaired) electrons. The third-order valence-corrected chi connectivity index (χ3v) is 9.71. The van der Waals surface area contributed by atoms with E-state index in [1.165, 1.54) is 11.8 Å². The molecule has 1 fully saturated rings. The predicted molar refractivity (Wildman–Crippen MR) is 156 cm³/mol. The molecule has 1 amide bonds. The third-order valence-electron chi connectivity index (χ3n) is 6.30. The van der Waals surface area contributed by atoms with Gasteiger partial charge >= 0.3 is 0 Å². The fourth-order valence-corrected chi connectivity index (χ4v) is 6.92. The highest BCUT2D eigenvalue weighted by Crippen LogP contribution is 2.49. The number of nitrogens with one attached hydrogen (secondary N) is 1. The van der Waals surface area contributed by atoms with Gasteiger partial charge < -0.3 is 33.8 Å². The summed E-state index contributed by atoms with van der Waals surface area (Å²) in [5, 5.41) is 13.2. The highest BCUT2D eigenvalue weighted by atomic mass is 32.2. The lowest BCUT2D eigenvalue weighted by Gasteiger charge is -2.37. The predicted octanol–water partition coefficient (Wildman–Crippen LogP) is 4.58. The first-order valence-electron chi connectivity index (χ1n) is 14.0. The van der Waals surface area contributed by atoms with Crippen LogP contribution >= 0.6 is 20.3 Å². The third kappa shape index (κ3) is 10.5. The molecular formula is C27H50N3O7PS. The molecule has 2 aliphatic rings. The van der Waals surface area contributed by atoms with E-state index in [-0.39, 0.29) is 40.7 Å². The molecule has 2 N–H and O–H groups in total. The minimum absolute atomic E-state index is 0.160. The van der Waals surface area contributed by atoms with Crippen molar-refractivity contribution in [1.82, 2.24) is 14.9 Å². The van der Waals surface area contributed by atoms with E-state index in [2.05, 4.69) is 44.6 Å². The number of hydrogen-bond donors (Lipinski definition) is 2. The highest BCUT2D eigenvalue weighted by Gasteiger charge is 2.43. The molecule has 2 rings (SSSR count). The Kier molecular flexibility index (Phi) is 14.1. The number of thioether (sulfide) groups is 1. The molecule has 2 aliphatic heterocycles. The first-order valence-corrected chi connectivity index (χ1v) is 16.1. The molecule has 0 aromatic rings. The molecule has 0 saturated carbocycles. The van der Waals surface area contributed by atoms with E-state index in [0.29, 0.717) is 37.6 Å². The summed E-state index contributed by atoms with van der Waals surface area (Å²) in [7, 11) is -1.42. The van der Waals surface area contributed by atoms with Crippen molar-refractivity contribution in [2.24, 2.45) is 5.41 Å². The Bertz CT molecular complexity index is 816. The Balaban J connectivity index is 2.02. The van der Waals surface area contributed by atoms with Crippen molar-refractivity contribution in [2.75, 3.05) is 25.6 Å². The van der Waals surface area contributed by atoms with Crippen molar-refractivity contribution in [1.29, 1.82) is 0 Å². The van der Waals surface area contributed by atoms with E-state index in [4.69, 9.17) is 18.5 Å². The van der Waals surface area contributed by atoms with Crippen LogP contribution in [0.15, 0.2) is 11.8 Å². The van der Waals surface area contributed by atoms with Gasteiger partial charge in [0.15, 0.2) is 5.12 Å². The fourth-order valence-electron chi connectivity index (χ4n) is 4.36. The van der Waals surface area contributed by atoms with Crippen LogP contribution in [0.5, 0.6) is 0 Å². The first-order chi connectivity index (χ1) is 18.3. The van der Waals surface area contributed by atoms with E-state index >= 15 is 0 Å². The standard InChI is InChI=1S/C27H50N3O7PS/c1-10-11-21-22(16-23(36-21)29-17-20(6)24(31)28-26(29)33)37-38(30(18(2)3)19(4)5)35-13-12-34-14-15-39-25(32)27(7,8)9/h17-19,21-23,26,33H,10-16H2,1-9H3,(H,28,31). The molecule has 226 valence electrons. The molecule has 0 aromatic carbocycles. The number of amides is 1. The molecule has 0 aliphatic carbocycles. The van der Waals surface area contributed by atoms with Crippen LogP contribution in [0.1, 0.15) is 81.6 Å². The number of nitrogens with zero attached hydrogens (tertiary/aromatic N) is 2. The quantitative estimate of drug-likeness (QED) is 0.207. The minimum atomic E-state index is -1.42. The van der Waals surface area contributed by atoms with Gasteiger partial charge in [-0.05, 0) is 41.0 Å². The average Bonchev–Trinajstić information content (AvgIpc) is 3.21. The Hall–Kier alpha value is -0.780. The smallest absolute Gasteiger partial charge is 0.259 e. The van der Waals surface area contributed by atoms with Crippen LogP contribution in [0.25, 0.3) is 0 Å². The number of carbonyl (C=O) groups excluding carboxylic acids is 2. The van der Waals surface area contributed by atoms with Gasteiger partial charge in [0.25, 0.3) is 14.4 Å². The number of ether oxygens (including phenoxy) is 2. The van der Waals surface area contributed by atoms with Gasteiger partial charge in [0.2, 0.25) is 6.35 Å². The van der Waals surface area contributed by atoms with Crippen molar-refractivity contribution in [3.63, 3.8) is 0 Å². The summed E-state index contributed by atoms with van der Waals surface area (Å²) in [4.78, 5) is 25.6. The van der Waals surface area contributed by atoms with Crippen molar-refractivity contribution in [3.8, 4) is 0 Å². The SMILES string of the molecule is CCCC1OC(N2C=C(C)C(=O)NC2O)CC1OP(OCCOCCSC(=O)C(C)(C)C)N(C(C)C)C(C)C.